The summed E-state index contributed by atoms with van der Waals surface area (Å²) in [5, 5.41) is 13.8. The highest BCUT2D eigenvalue weighted by Gasteiger charge is 2.34. The molecular formula is C26H25N5O3S. The van der Waals surface area contributed by atoms with Gasteiger partial charge in [0, 0.05) is 6.42 Å². The molecular weight excluding hydrogens is 462 g/mol. The van der Waals surface area contributed by atoms with Crippen LogP contribution in [-0.4, -0.2) is 37.6 Å². The van der Waals surface area contributed by atoms with Gasteiger partial charge in [-0.15, -0.1) is 5.10 Å². The van der Waals surface area contributed by atoms with Crippen LogP contribution in [0.25, 0.3) is 0 Å². The van der Waals surface area contributed by atoms with Crippen molar-refractivity contribution in [2.75, 3.05) is 5.75 Å². The summed E-state index contributed by atoms with van der Waals surface area (Å²) in [5.41, 5.74) is 4.21. The average Bonchev–Trinajstić information content (AvgIpc) is 3.63. The van der Waals surface area contributed by atoms with Crippen LogP contribution in [-0.2, 0) is 11.4 Å². The molecule has 1 aliphatic rings. The highest BCUT2D eigenvalue weighted by molar-refractivity contribution is 7.99. The normalized spacial score (nSPS) is 15.3. The van der Waals surface area contributed by atoms with Crippen LogP contribution in [0.15, 0.2) is 81.6 Å². The third-order valence-corrected chi connectivity index (χ3v) is 6.49. The van der Waals surface area contributed by atoms with Gasteiger partial charge in [0.2, 0.25) is 5.16 Å². The van der Waals surface area contributed by atoms with Gasteiger partial charge >= 0.3 is 0 Å². The summed E-state index contributed by atoms with van der Waals surface area (Å²) in [6.45, 7) is 4.34. The maximum atomic E-state index is 13.2. The lowest BCUT2D eigenvalue weighted by Crippen LogP contribution is -2.28. The summed E-state index contributed by atoms with van der Waals surface area (Å²) in [6, 6.07) is 19.4. The number of ether oxygens (including phenoxy) is 1. The Balaban J connectivity index is 1.23. The number of hydrogen-bond acceptors (Lipinski definition) is 7. The number of hydrogen-bond donors (Lipinski definition) is 1. The molecule has 1 N–H and O–H groups in total. The van der Waals surface area contributed by atoms with E-state index in [9.17, 15) is 4.79 Å². The van der Waals surface area contributed by atoms with Gasteiger partial charge in [-0.25, -0.2) is 9.99 Å². The number of furan rings is 1. The molecule has 0 aliphatic carbocycles. The minimum atomic E-state index is -0.278. The maximum absolute atomic E-state index is 13.2. The van der Waals surface area contributed by atoms with Crippen molar-refractivity contribution in [2.45, 2.75) is 38.1 Å². The van der Waals surface area contributed by atoms with Crippen LogP contribution in [0.3, 0.4) is 0 Å². The largest absolute Gasteiger partial charge is 0.486 e. The molecule has 9 heteroatoms. The lowest BCUT2D eigenvalue weighted by molar-refractivity contribution is -0.130. The number of amides is 1. The first-order valence-corrected chi connectivity index (χ1v) is 12.3. The first-order chi connectivity index (χ1) is 17.0. The Bertz CT molecular complexity index is 1310. The zero-order valence-corrected chi connectivity index (χ0v) is 20.3. The van der Waals surface area contributed by atoms with Crippen LogP contribution in [0.4, 0.5) is 0 Å². The summed E-state index contributed by atoms with van der Waals surface area (Å²) in [7, 11) is 0. The molecule has 0 saturated heterocycles. The Hall–Kier alpha value is -3.85. The number of H-pyrrole nitrogens is 1. The molecule has 4 aromatic rings. The van der Waals surface area contributed by atoms with Gasteiger partial charge in [-0.2, -0.15) is 5.10 Å². The van der Waals surface area contributed by atoms with Crippen molar-refractivity contribution in [3.63, 3.8) is 0 Å². The van der Waals surface area contributed by atoms with E-state index in [1.165, 1.54) is 27.9 Å². The van der Waals surface area contributed by atoms with Gasteiger partial charge in [0.1, 0.15) is 24.2 Å². The molecule has 0 unspecified atom stereocenters. The fourth-order valence-electron chi connectivity index (χ4n) is 3.75. The molecule has 2 aromatic heterocycles. The fourth-order valence-corrected chi connectivity index (χ4v) is 4.42. The van der Waals surface area contributed by atoms with E-state index in [-0.39, 0.29) is 24.3 Å². The molecule has 0 fully saturated rings. The highest BCUT2D eigenvalue weighted by Crippen LogP contribution is 2.34. The molecule has 3 heterocycles. The second-order valence-corrected chi connectivity index (χ2v) is 9.28. The van der Waals surface area contributed by atoms with Crippen molar-refractivity contribution in [1.29, 1.82) is 0 Å². The van der Waals surface area contributed by atoms with Crippen molar-refractivity contribution >= 4 is 23.4 Å². The molecule has 35 heavy (non-hydrogen) atoms. The fraction of sp³-hybridized carbons (Fsp3) is 0.231. The number of aromatic amines is 1. The molecule has 178 valence electrons. The van der Waals surface area contributed by atoms with Gasteiger partial charge in [0.15, 0.2) is 5.82 Å². The quantitative estimate of drug-likeness (QED) is 0.349. The monoisotopic (exact) mass is 487 g/mol. The van der Waals surface area contributed by atoms with E-state index in [0.717, 1.165) is 17.0 Å². The van der Waals surface area contributed by atoms with Gasteiger partial charge in [-0.3, -0.25) is 9.89 Å². The van der Waals surface area contributed by atoms with Crippen LogP contribution in [0.1, 0.15) is 40.7 Å². The Kier molecular flexibility index (Phi) is 6.67. The summed E-state index contributed by atoms with van der Waals surface area (Å²) in [5.74, 6) is 2.08. The van der Waals surface area contributed by atoms with Crippen molar-refractivity contribution in [2.24, 2.45) is 5.10 Å². The second kappa shape index (κ2) is 10.2. The molecule has 1 amide bonds. The summed E-state index contributed by atoms with van der Waals surface area (Å²) in [4.78, 5) is 17.6. The maximum Gasteiger partial charge on any atom is 0.253 e. The van der Waals surface area contributed by atoms with Gasteiger partial charge in [0.25, 0.3) is 5.91 Å². The molecule has 0 bridgehead atoms. The number of aromatic nitrogens is 3. The van der Waals surface area contributed by atoms with Crippen molar-refractivity contribution in [3.05, 3.63) is 95.2 Å². The summed E-state index contributed by atoms with van der Waals surface area (Å²) < 4.78 is 11.4. The number of carbonyl (C=O) groups excluding carboxylic acids is 1. The lowest BCUT2D eigenvalue weighted by atomic mass is 10.0. The lowest BCUT2D eigenvalue weighted by Gasteiger charge is -2.19. The van der Waals surface area contributed by atoms with Gasteiger partial charge in [-0.1, -0.05) is 59.3 Å². The van der Waals surface area contributed by atoms with Crippen LogP contribution in [0.2, 0.25) is 0 Å². The van der Waals surface area contributed by atoms with Crippen molar-refractivity contribution in [3.8, 4) is 5.75 Å². The molecule has 0 saturated carbocycles. The SMILES string of the molecule is Cc1ccc(OCc2nc(SCC(=O)N3N=C(c4ccc(C)cc4)C[C@@H]3c3ccco3)n[nH]2)cc1. The van der Waals surface area contributed by atoms with E-state index in [4.69, 9.17) is 9.15 Å². The third-order valence-electron chi connectivity index (χ3n) is 5.65. The average molecular weight is 488 g/mol. The number of hydrazone groups is 1. The highest BCUT2D eigenvalue weighted by atomic mass is 32.2. The van der Waals surface area contributed by atoms with E-state index in [0.29, 0.717) is 23.2 Å². The van der Waals surface area contributed by atoms with Gasteiger partial charge < -0.3 is 9.15 Å². The van der Waals surface area contributed by atoms with E-state index in [2.05, 4.69) is 20.3 Å². The topological polar surface area (TPSA) is 96.6 Å². The molecule has 5 rings (SSSR count). The van der Waals surface area contributed by atoms with E-state index < -0.39 is 0 Å². The molecule has 0 spiro atoms. The molecule has 8 nitrogen and oxygen atoms in total. The number of nitrogens with one attached hydrogen (secondary N) is 1. The minimum Gasteiger partial charge on any atom is -0.486 e. The summed E-state index contributed by atoms with van der Waals surface area (Å²) >= 11 is 1.26. The van der Waals surface area contributed by atoms with Crippen molar-refractivity contribution < 1.29 is 13.9 Å². The molecule has 2 aromatic carbocycles. The van der Waals surface area contributed by atoms with Crippen molar-refractivity contribution in [1.82, 2.24) is 20.2 Å². The number of carbonyl (C=O) groups is 1. The standard InChI is InChI=1S/C26H25N5O3S/c1-17-5-9-19(10-6-17)21-14-22(23-4-3-13-33-23)31(30-21)25(32)16-35-26-27-24(28-29-26)15-34-20-11-7-18(2)8-12-20/h3-13,22H,14-16H2,1-2H3,(H,27,28,29)/t22-/m1/s1. The van der Waals surface area contributed by atoms with E-state index in [1.54, 1.807) is 6.26 Å². The smallest absolute Gasteiger partial charge is 0.253 e. The Morgan fingerprint density at radius 2 is 1.86 bits per heavy atom. The van der Waals surface area contributed by atoms with E-state index in [1.807, 2.05) is 74.5 Å². The Labute approximate surface area is 207 Å². The Morgan fingerprint density at radius 3 is 2.57 bits per heavy atom. The zero-order chi connectivity index (χ0) is 24.2. The van der Waals surface area contributed by atoms with E-state index >= 15 is 0 Å². The molecule has 1 aliphatic heterocycles. The minimum absolute atomic E-state index is 0.138. The van der Waals surface area contributed by atoms with Crippen LogP contribution in [0, 0.1) is 13.8 Å². The van der Waals surface area contributed by atoms with Gasteiger partial charge in [0.05, 0.1) is 17.7 Å². The second-order valence-electron chi connectivity index (χ2n) is 8.34. The molecule has 1 atom stereocenters. The number of rotatable bonds is 8. The number of aryl methyl sites for hydroxylation is 2. The third kappa shape index (κ3) is 5.46. The van der Waals surface area contributed by atoms with Crippen LogP contribution >= 0.6 is 11.8 Å². The first-order valence-electron chi connectivity index (χ1n) is 11.3. The predicted octanol–water partition coefficient (Wildman–Crippen LogP) is 5.06. The molecule has 0 radical (unpaired) electrons. The Morgan fingerprint density at radius 1 is 1.11 bits per heavy atom. The number of benzene rings is 2. The predicted molar refractivity (Wildman–Crippen MR) is 133 cm³/mol. The summed E-state index contributed by atoms with van der Waals surface area (Å²) in [6.07, 6.45) is 2.21. The van der Waals surface area contributed by atoms with Crippen LogP contribution in [0.5, 0.6) is 5.75 Å². The zero-order valence-electron chi connectivity index (χ0n) is 19.5. The van der Waals surface area contributed by atoms with Crippen LogP contribution < -0.4 is 4.74 Å². The first kappa shape index (κ1) is 22.9. The van der Waals surface area contributed by atoms with Gasteiger partial charge in [-0.05, 0) is 43.7 Å². The number of nitrogens with zero attached hydrogens (tertiary/aromatic N) is 4. The number of thioether (sulfide) groups is 1.